The summed E-state index contributed by atoms with van der Waals surface area (Å²) in [5, 5.41) is 2.61. The van der Waals surface area contributed by atoms with Crippen molar-refractivity contribution in [1.82, 2.24) is 9.97 Å². The van der Waals surface area contributed by atoms with Gasteiger partial charge < -0.3 is 0 Å². The molecule has 1 aliphatic rings. The van der Waals surface area contributed by atoms with Gasteiger partial charge in [-0.2, -0.15) is 0 Å². The first-order valence-electron chi connectivity index (χ1n) is 17.4. The van der Waals surface area contributed by atoms with Gasteiger partial charge in [-0.05, 0) is 76.2 Å². The standard InChI is InChI=1S/C48H32N2S/c1-48(41-19-8-5-16-37(41)38-17-6-9-20-42(38)48)36-25-22-31(23-26-36)43-30-44(50-47(49-43)32-12-3-2-4-13-32)35-15-11-14-33(28-35)34-24-27-46-40(29-34)39-18-7-10-21-45(39)51-46/h2-30H,1H3. The van der Waals surface area contributed by atoms with Gasteiger partial charge in [0.15, 0.2) is 5.82 Å². The average molecular weight is 669 g/mol. The van der Waals surface area contributed by atoms with Crippen LogP contribution in [0.5, 0.6) is 0 Å². The van der Waals surface area contributed by atoms with Crippen molar-refractivity contribution in [2.45, 2.75) is 12.3 Å². The van der Waals surface area contributed by atoms with Crippen LogP contribution in [0.4, 0.5) is 0 Å². The summed E-state index contributed by atoms with van der Waals surface area (Å²) < 4.78 is 2.63. The molecule has 10 rings (SSSR count). The molecule has 0 saturated carbocycles. The van der Waals surface area contributed by atoms with E-state index in [2.05, 4.69) is 165 Å². The number of fused-ring (bicyclic) bond motifs is 6. The van der Waals surface area contributed by atoms with Crippen LogP contribution in [0.3, 0.4) is 0 Å². The number of rotatable bonds is 5. The Morgan fingerprint density at radius 2 is 0.980 bits per heavy atom. The molecule has 2 aromatic heterocycles. The van der Waals surface area contributed by atoms with Crippen LogP contribution in [0.2, 0.25) is 0 Å². The molecule has 0 atom stereocenters. The van der Waals surface area contributed by atoms with Gasteiger partial charge >= 0.3 is 0 Å². The van der Waals surface area contributed by atoms with Gasteiger partial charge in [-0.1, -0.05) is 146 Å². The number of hydrogen-bond acceptors (Lipinski definition) is 3. The van der Waals surface area contributed by atoms with E-state index in [1.54, 1.807) is 0 Å². The van der Waals surface area contributed by atoms with Crippen LogP contribution in [0.25, 0.3) is 76.3 Å². The highest BCUT2D eigenvalue weighted by molar-refractivity contribution is 7.25. The fourth-order valence-electron chi connectivity index (χ4n) is 7.96. The molecule has 2 nitrogen and oxygen atoms in total. The number of nitrogens with zero attached hydrogens (tertiary/aromatic N) is 2. The Bertz CT molecular complexity index is 2710. The molecule has 0 saturated heterocycles. The van der Waals surface area contributed by atoms with Gasteiger partial charge in [0, 0.05) is 42.3 Å². The van der Waals surface area contributed by atoms with E-state index in [4.69, 9.17) is 9.97 Å². The molecule has 0 spiro atoms. The van der Waals surface area contributed by atoms with Crippen LogP contribution < -0.4 is 0 Å². The number of hydrogen-bond donors (Lipinski definition) is 0. The average Bonchev–Trinajstić information content (AvgIpc) is 3.71. The van der Waals surface area contributed by atoms with Crippen LogP contribution in [0.15, 0.2) is 176 Å². The quantitative estimate of drug-likeness (QED) is 0.182. The lowest BCUT2D eigenvalue weighted by molar-refractivity contribution is 0.714. The Morgan fingerprint density at radius 1 is 0.412 bits per heavy atom. The number of thiophene rings is 1. The van der Waals surface area contributed by atoms with Crippen molar-refractivity contribution >= 4 is 31.5 Å². The summed E-state index contributed by atoms with van der Waals surface area (Å²) in [6, 6.07) is 63.3. The lowest BCUT2D eigenvalue weighted by Crippen LogP contribution is -2.22. The van der Waals surface area contributed by atoms with Gasteiger partial charge in [0.1, 0.15) is 0 Å². The normalized spacial score (nSPS) is 13.0. The van der Waals surface area contributed by atoms with E-state index in [-0.39, 0.29) is 5.41 Å². The molecular formula is C48H32N2S. The summed E-state index contributed by atoms with van der Waals surface area (Å²) in [6.45, 7) is 2.36. The van der Waals surface area contributed by atoms with E-state index < -0.39 is 0 Å². The first kappa shape index (κ1) is 29.7. The fraction of sp³-hybridized carbons (Fsp3) is 0.0417. The molecule has 51 heavy (non-hydrogen) atoms. The molecular weight excluding hydrogens is 637 g/mol. The van der Waals surface area contributed by atoms with Gasteiger partial charge in [-0.15, -0.1) is 11.3 Å². The highest BCUT2D eigenvalue weighted by Crippen LogP contribution is 2.52. The zero-order valence-electron chi connectivity index (χ0n) is 28.0. The second kappa shape index (κ2) is 11.7. The van der Waals surface area contributed by atoms with Crippen LogP contribution in [0.1, 0.15) is 23.6 Å². The van der Waals surface area contributed by atoms with Crippen molar-refractivity contribution in [3.05, 3.63) is 193 Å². The smallest absolute Gasteiger partial charge is 0.160 e. The topological polar surface area (TPSA) is 25.8 Å². The van der Waals surface area contributed by atoms with E-state index >= 15 is 0 Å². The monoisotopic (exact) mass is 668 g/mol. The molecule has 7 aromatic carbocycles. The van der Waals surface area contributed by atoms with Crippen LogP contribution in [-0.4, -0.2) is 9.97 Å². The number of aromatic nitrogens is 2. The Labute approximate surface area is 301 Å². The van der Waals surface area contributed by atoms with Crippen molar-refractivity contribution in [2.24, 2.45) is 0 Å². The molecule has 240 valence electrons. The van der Waals surface area contributed by atoms with Gasteiger partial charge in [0.05, 0.1) is 11.4 Å². The predicted molar refractivity (Wildman–Crippen MR) is 214 cm³/mol. The minimum atomic E-state index is -0.240. The zero-order chi connectivity index (χ0) is 33.9. The maximum atomic E-state index is 5.15. The SMILES string of the molecule is CC1(c2ccc(-c3cc(-c4cccc(-c5ccc6sc7ccccc7c6c5)c4)nc(-c4ccccc4)n3)cc2)c2ccccc2-c2ccccc21. The molecule has 0 fully saturated rings. The van der Waals surface area contributed by atoms with Crippen molar-refractivity contribution in [1.29, 1.82) is 0 Å². The molecule has 0 N–H and O–H groups in total. The summed E-state index contributed by atoms with van der Waals surface area (Å²) in [7, 11) is 0. The van der Waals surface area contributed by atoms with Crippen LogP contribution in [-0.2, 0) is 5.41 Å². The molecule has 2 heterocycles. The van der Waals surface area contributed by atoms with Crippen molar-refractivity contribution in [2.75, 3.05) is 0 Å². The summed E-state index contributed by atoms with van der Waals surface area (Å²) in [5.41, 5.74) is 13.6. The van der Waals surface area contributed by atoms with Crippen molar-refractivity contribution in [3.63, 3.8) is 0 Å². The summed E-state index contributed by atoms with van der Waals surface area (Å²) >= 11 is 1.85. The van der Waals surface area contributed by atoms with E-state index in [0.717, 1.165) is 28.1 Å². The third kappa shape index (κ3) is 4.85. The Morgan fingerprint density at radius 3 is 1.75 bits per heavy atom. The lowest BCUT2D eigenvalue weighted by Gasteiger charge is -2.28. The van der Waals surface area contributed by atoms with Crippen molar-refractivity contribution in [3.8, 4) is 56.2 Å². The zero-order valence-corrected chi connectivity index (χ0v) is 28.9. The first-order valence-corrected chi connectivity index (χ1v) is 18.2. The lowest BCUT2D eigenvalue weighted by atomic mass is 9.74. The minimum absolute atomic E-state index is 0.240. The van der Waals surface area contributed by atoms with Gasteiger partial charge in [0.25, 0.3) is 0 Å². The Kier molecular flexibility index (Phi) is 6.83. The van der Waals surface area contributed by atoms with Gasteiger partial charge in [-0.25, -0.2) is 9.97 Å². The van der Waals surface area contributed by atoms with E-state index in [0.29, 0.717) is 5.82 Å². The number of benzene rings is 7. The molecule has 0 aliphatic heterocycles. The third-order valence-electron chi connectivity index (χ3n) is 10.6. The van der Waals surface area contributed by atoms with Crippen molar-refractivity contribution < 1.29 is 0 Å². The van der Waals surface area contributed by atoms with E-state index in [9.17, 15) is 0 Å². The first-order chi connectivity index (χ1) is 25.1. The molecule has 0 radical (unpaired) electrons. The Hall–Kier alpha value is -6.16. The Balaban J connectivity index is 1.07. The van der Waals surface area contributed by atoms with Gasteiger partial charge in [-0.3, -0.25) is 0 Å². The summed E-state index contributed by atoms with van der Waals surface area (Å²) in [6.07, 6.45) is 0. The van der Waals surface area contributed by atoms with Crippen LogP contribution >= 0.6 is 11.3 Å². The molecule has 0 amide bonds. The highest BCUT2D eigenvalue weighted by Gasteiger charge is 2.40. The maximum absolute atomic E-state index is 5.15. The summed E-state index contributed by atoms with van der Waals surface area (Å²) in [5.74, 6) is 0.717. The molecule has 0 bridgehead atoms. The third-order valence-corrected chi connectivity index (χ3v) is 11.8. The second-order valence-corrected chi connectivity index (χ2v) is 14.6. The summed E-state index contributed by atoms with van der Waals surface area (Å²) in [4.78, 5) is 10.3. The minimum Gasteiger partial charge on any atom is -0.228 e. The van der Waals surface area contributed by atoms with Gasteiger partial charge in [0.2, 0.25) is 0 Å². The maximum Gasteiger partial charge on any atom is 0.160 e. The second-order valence-electron chi connectivity index (χ2n) is 13.5. The predicted octanol–water partition coefficient (Wildman–Crippen LogP) is 12.8. The van der Waals surface area contributed by atoms with Crippen LogP contribution in [0, 0.1) is 0 Å². The molecule has 0 unspecified atom stereocenters. The molecule has 1 aliphatic carbocycles. The molecule has 9 aromatic rings. The van der Waals surface area contributed by atoms with E-state index in [1.165, 1.54) is 59.1 Å². The van der Waals surface area contributed by atoms with E-state index in [1.807, 2.05) is 29.5 Å². The fourth-order valence-corrected chi connectivity index (χ4v) is 9.05. The largest absolute Gasteiger partial charge is 0.228 e. The molecule has 3 heteroatoms. The highest BCUT2D eigenvalue weighted by atomic mass is 32.1.